The lowest BCUT2D eigenvalue weighted by Crippen LogP contribution is -2.03. The van der Waals surface area contributed by atoms with E-state index in [1.54, 1.807) is 0 Å². The maximum absolute atomic E-state index is 6.26. The van der Waals surface area contributed by atoms with Crippen molar-refractivity contribution >= 4 is 11.3 Å². The minimum atomic E-state index is 0.482. The fourth-order valence-corrected chi connectivity index (χ4v) is 2.40. The maximum atomic E-state index is 6.26. The molecule has 1 rings (SSSR count). The van der Waals surface area contributed by atoms with E-state index in [1.165, 1.54) is 27.8 Å². The number of nitrogens with two attached hydrogens (primary N) is 1. The zero-order valence-corrected chi connectivity index (χ0v) is 13.0. The summed E-state index contributed by atoms with van der Waals surface area (Å²) in [6.07, 6.45) is 4.21. The molecule has 0 saturated heterocycles. The third-order valence-corrected chi connectivity index (χ3v) is 3.87. The monoisotopic (exact) mass is 257 g/mol. The zero-order valence-electron chi connectivity index (χ0n) is 13.0. The molecular weight excluding hydrogens is 230 g/mol. The molecule has 19 heavy (non-hydrogen) atoms. The number of rotatable bonds is 5. The van der Waals surface area contributed by atoms with Crippen LogP contribution < -0.4 is 5.73 Å². The third kappa shape index (κ3) is 3.73. The largest absolute Gasteiger partial charge is 0.398 e. The zero-order chi connectivity index (χ0) is 14.6. The van der Waals surface area contributed by atoms with Gasteiger partial charge in [0.2, 0.25) is 0 Å². The summed E-state index contributed by atoms with van der Waals surface area (Å²) in [6.45, 7) is 14.8. The molecule has 0 bridgehead atoms. The minimum absolute atomic E-state index is 0.482. The lowest BCUT2D eigenvalue weighted by molar-refractivity contribution is 0.707. The molecule has 0 aliphatic carbocycles. The Hall–Kier alpha value is -1.50. The van der Waals surface area contributed by atoms with E-state index in [1.807, 2.05) is 0 Å². The lowest BCUT2D eigenvalue weighted by Gasteiger charge is -2.19. The van der Waals surface area contributed by atoms with Gasteiger partial charge < -0.3 is 5.73 Å². The highest BCUT2D eigenvalue weighted by Gasteiger charge is 2.13. The van der Waals surface area contributed by atoms with Crippen molar-refractivity contribution in [2.24, 2.45) is 5.92 Å². The van der Waals surface area contributed by atoms with E-state index in [-0.39, 0.29) is 0 Å². The van der Waals surface area contributed by atoms with E-state index in [9.17, 15) is 0 Å². The second kappa shape index (κ2) is 6.60. The molecule has 1 unspecified atom stereocenters. The summed E-state index contributed by atoms with van der Waals surface area (Å²) >= 11 is 0. The number of hydrogen-bond donors (Lipinski definition) is 1. The van der Waals surface area contributed by atoms with Crippen molar-refractivity contribution in [1.29, 1.82) is 0 Å². The van der Waals surface area contributed by atoms with Gasteiger partial charge in [0.25, 0.3) is 0 Å². The first-order valence-corrected chi connectivity index (χ1v) is 7.10. The predicted octanol–water partition coefficient (Wildman–Crippen LogP) is 5.15. The van der Waals surface area contributed by atoms with Crippen LogP contribution in [0.25, 0.3) is 5.57 Å². The Balaban J connectivity index is 3.16. The van der Waals surface area contributed by atoms with Gasteiger partial charge in [0, 0.05) is 11.3 Å². The highest BCUT2D eigenvalue weighted by Crippen LogP contribution is 2.32. The Morgan fingerprint density at radius 2 is 2.05 bits per heavy atom. The summed E-state index contributed by atoms with van der Waals surface area (Å²) in [5, 5.41) is 0. The Morgan fingerprint density at radius 3 is 2.47 bits per heavy atom. The van der Waals surface area contributed by atoms with Crippen LogP contribution in [-0.4, -0.2) is 0 Å². The normalized spacial score (nSPS) is 13.4. The molecule has 0 aliphatic rings. The Bertz CT molecular complexity index is 471. The Morgan fingerprint density at radius 1 is 1.42 bits per heavy atom. The molecule has 104 valence electrons. The number of aryl methyl sites for hydroxylation is 2. The van der Waals surface area contributed by atoms with Crippen LogP contribution in [0.1, 0.15) is 50.8 Å². The first-order valence-electron chi connectivity index (χ1n) is 7.10. The van der Waals surface area contributed by atoms with Crippen molar-refractivity contribution in [2.45, 2.75) is 47.5 Å². The van der Waals surface area contributed by atoms with Gasteiger partial charge in [-0.05, 0) is 62.3 Å². The van der Waals surface area contributed by atoms with Gasteiger partial charge in [-0.1, -0.05) is 38.1 Å². The summed E-state index contributed by atoms with van der Waals surface area (Å²) in [7, 11) is 0. The molecule has 0 aliphatic heterocycles. The van der Waals surface area contributed by atoms with Gasteiger partial charge in [0.05, 0.1) is 0 Å². The molecule has 0 fully saturated rings. The standard InChI is InChI=1S/C18H27N/c1-7-15-9-14(6)18(17(19)11-15)16(8-2)10-13(5)12(3)4/h8-9,11,13H,3,7,10,19H2,1-2,4-6H3/b16-8-. The molecule has 0 heterocycles. The van der Waals surface area contributed by atoms with Gasteiger partial charge in [0.1, 0.15) is 0 Å². The van der Waals surface area contributed by atoms with Crippen LogP contribution in [0.2, 0.25) is 0 Å². The van der Waals surface area contributed by atoms with Gasteiger partial charge in [-0.3, -0.25) is 0 Å². The first-order chi connectivity index (χ1) is 8.90. The SMILES string of the molecule is C=C(C)C(C)C/C(=C/C)c1c(C)cc(CC)cc1N. The van der Waals surface area contributed by atoms with E-state index < -0.39 is 0 Å². The molecule has 2 N–H and O–H groups in total. The summed E-state index contributed by atoms with van der Waals surface area (Å²) < 4.78 is 0. The van der Waals surface area contributed by atoms with Gasteiger partial charge in [-0.15, -0.1) is 0 Å². The molecule has 1 nitrogen and oxygen atoms in total. The van der Waals surface area contributed by atoms with Gasteiger partial charge in [0.15, 0.2) is 0 Å². The molecule has 0 saturated carbocycles. The molecule has 1 aromatic carbocycles. The summed E-state index contributed by atoms with van der Waals surface area (Å²) in [6, 6.07) is 4.36. The maximum Gasteiger partial charge on any atom is 0.0395 e. The highest BCUT2D eigenvalue weighted by molar-refractivity contribution is 5.78. The van der Waals surface area contributed by atoms with Crippen molar-refractivity contribution in [3.05, 3.63) is 47.1 Å². The number of hydrogen-bond acceptors (Lipinski definition) is 1. The summed E-state index contributed by atoms with van der Waals surface area (Å²) in [5.74, 6) is 0.482. The second-order valence-corrected chi connectivity index (χ2v) is 5.50. The molecule has 1 atom stereocenters. The third-order valence-electron chi connectivity index (χ3n) is 3.87. The van der Waals surface area contributed by atoms with Crippen LogP contribution in [0, 0.1) is 12.8 Å². The lowest BCUT2D eigenvalue weighted by atomic mass is 9.88. The predicted molar refractivity (Wildman–Crippen MR) is 87.2 cm³/mol. The van der Waals surface area contributed by atoms with Gasteiger partial charge in [-0.25, -0.2) is 0 Å². The van der Waals surface area contributed by atoms with Crippen LogP contribution in [-0.2, 0) is 6.42 Å². The Kier molecular flexibility index (Phi) is 5.41. The van der Waals surface area contributed by atoms with Crippen molar-refractivity contribution in [3.63, 3.8) is 0 Å². The minimum Gasteiger partial charge on any atom is -0.398 e. The molecule has 0 aromatic heterocycles. The Labute approximate surface area is 118 Å². The molecule has 0 radical (unpaired) electrons. The van der Waals surface area contributed by atoms with Crippen LogP contribution in [0.4, 0.5) is 5.69 Å². The smallest absolute Gasteiger partial charge is 0.0395 e. The number of allylic oxidation sites excluding steroid dienone is 3. The van der Waals surface area contributed by atoms with Crippen LogP contribution >= 0.6 is 0 Å². The molecule has 1 heteroatoms. The van der Waals surface area contributed by atoms with E-state index in [0.29, 0.717) is 5.92 Å². The first kappa shape index (κ1) is 15.6. The summed E-state index contributed by atoms with van der Waals surface area (Å²) in [4.78, 5) is 0. The number of anilines is 1. The molecule has 0 amide bonds. The van der Waals surface area contributed by atoms with Gasteiger partial charge in [-0.2, -0.15) is 0 Å². The van der Waals surface area contributed by atoms with Crippen LogP contribution in [0.3, 0.4) is 0 Å². The van der Waals surface area contributed by atoms with E-state index in [2.05, 4.69) is 59.4 Å². The van der Waals surface area contributed by atoms with Crippen molar-refractivity contribution in [3.8, 4) is 0 Å². The summed E-state index contributed by atoms with van der Waals surface area (Å²) in [5.41, 5.74) is 13.5. The number of nitrogen functional groups attached to an aromatic ring is 1. The topological polar surface area (TPSA) is 26.0 Å². The second-order valence-electron chi connectivity index (χ2n) is 5.50. The van der Waals surface area contributed by atoms with Crippen molar-refractivity contribution < 1.29 is 0 Å². The highest BCUT2D eigenvalue weighted by atomic mass is 14.6. The van der Waals surface area contributed by atoms with Crippen molar-refractivity contribution in [2.75, 3.05) is 5.73 Å². The average molecular weight is 257 g/mol. The molecule has 1 aromatic rings. The average Bonchev–Trinajstić information content (AvgIpc) is 2.35. The molecule has 0 spiro atoms. The van der Waals surface area contributed by atoms with E-state index >= 15 is 0 Å². The fraction of sp³-hybridized carbons (Fsp3) is 0.444. The van der Waals surface area contributed by atoms with Crippen LogP contribution in [0.15, 0.2) is 30.4 Å². The van der Waals surface area contributed by atoms with Crippen molar-refractivity contribution in [1.82, 2.24) is 0 Å². The van der Waals surface area contributed by atoms with E-state index in [4.69, 9.17) is 5.73 Å². The fourth-order valence-electron chi connectivity index (χ4n) is 2.40. The molecular formula is C18H27N. The quantitative estimate of drug-likeness (QED) is 0.573. The van der Waals surface area contributed by atoms with E-state index in [0.717, 1.165) is 18.5 Å². The van der Waals surface area contributed by atoms with Gasteiger partial charge >= 0.3 is 0 Å². The van der Waals surface area contributed by atoms with Crippen LogP contribution in [0.5, 0.6) is 0 Å². The number of benzene rings is 1.